The van der Waals surface area contributed by atoms with Crippen LogP contribution in [0, 0.1) is 20.8 Å². The summed E-state index contributed by atoms with van der Waals surface area (Å²) in [6.45, 7) is 8.57. The van der Waals surface area contributed by atoms with Crippen molar-refractivity contribution in [3.05, 3.63) is 81.0 Å². The average Bonchev–Trinajstić information content (AvgIpc) is 3.21. The van der Waals surface area contributed by atoms with E-state index in [1.807, 2.05) is 75.5 Å². The van der Waals surface area contributed by atoms with Gasteiger partial charge >= 0.3 is 0 Å². The van der Waals surface area contributed by atoms with E-state index in [1.165, 1.54) is 23.1 Å². The van der Waals surface area contributed by atoms with E-state index >= 15 is 0 Å². The molecule has 164 valence electrons. The molecule has 4 aromatic rings. The maximum Gasteiger partial charge on any atom is 0.276 e. The van der Waals surface area contributed by atoms with E-state index in [9.17, 15) is 9.59 Å². The second-order valence-electron chi connectivity index (χ2n) is 7.78. The minimum Gasteiger partial charge on any atom is -0.312 e. The number of anilines is 1. The van der Waals surface area contributed by atoms with Gasteiger partial charge in [-0.3, -0.25) is 14.2 Å². The number of carbonyl (C=O) groups is 1. The first-order valence-corrected chi connectivity index (χ1v) is 12.3. The summed E-state index contributed by atoms with van der Waals surface area (Å²) in [6, 6.07) is 15.8. The Kier molecular flexibility index (Phi) is 6.48. The Labute approximate surface area is 195 Å². The molecule has 0 spiro atoms. The molecule has 7 heteroatoms. The molecule has 1 amide bonds. The molecule has 0 radical (unpaired) electrons. The van der Waals surface area contributed by atoms with Crippen molar-refractivity contribution in [3.63, 3.8) is 0 Å². The molecule has 0 aliphatic carbocycles. The van der Waals surface area contributed by atoms with Gasteiger partial charge < -0.3 is 4.90 Å². The van der Waals surface area contributed by atoms with E-state index in [0.29, 0.717) is 21.9 Å². The molecule has 4 rings (SSSR count). The Morgan fingerprint density at radius 2 is 1.81 bits per heavy atom. The lowest BCUT2D eigenvalue weighted by atomic mass is 10.1. The second kappa shape index (κ2) is 9.30. The minimum atomic E-state index is -0.101. The van der Waals surface area contributed by atoms with Crippen LogP contribution >= 0.6 is 23.1 Å². The summed E-state index contributed by atoms with van der Waals surface area (Å²) < 4.78 is 2.26. The van der Waals surface area contributed by atoms with E-state index in [4.69, 9.17) is 4.98 Å². The number of amides is 1. The Morgan fingerprint density at radius 1 is 1.06 bits per heavy atom. The first-order valence-electron chi connectivity index (χ1n) is 10.5. The number of hydrogen-bond acceptors (Lipinski definition) is 5. The highest BCUT2D eigenvalue weighted by Gasteiger charge is 2.19. The van der Waals surface area contributed by atoms with Gasteiger partial charge in [0.05, 0.1) is 17.0 Å². The Bertz CT molecular complexity index is 1340. The summed E-state index contributed by atoms with van der Waals surface area (Å²) in [5.74, 6) is 0.170. The van der Waals surface area contributed by atoms with Crippen LogP contribution < -0.4 is 10.5 Å². The lowest BCUT2D eigenvalue weighted by Crippen LogP contribution is -2.32. The third-order valence-corrected chi connectivity index (χ3v) is 6.98. The molecular weight excluding hydrogens is 438 g/mol. The molecule has 32 heavy (non-hydrogen) atoms. The second-order valence-corrected chi connectivity index (χ2v) is 9.64. The van der Waals surface area contributed by atoms with Gasteiger partial charge in [-0.15, -0.1) is 11.3 Å². The van der Waals surface area contributed by atoms with Crippen LogP contribution in [0.5, 0.6) is 0 Å². The molecule has 0 saturated heterocycles. The van der Waals surface area contributed by atoms with Gasteiger partial charge in [-0.05, 0) is 80.1 Å². The zero-order chi connectivity index (χ0) is 22.8. The quantitative estimate of drug-likeness (QED) is 0.279. The monoisotopic (exact) mass is 463 g/mol. The van der Waals surface area contributed by atoms with Crippen molar-refractivity contribution in [2.75, 3.05) is 17.2 Å². The van der Waals surface area contributed by atoms with Crippen molar-refractivity contribution in [1.82, 2.24) is 9.55 Å². The van der Waals surface area contributed by atoms with Crippen LogP contribution in [0.4, 0.5) is 5.69 Å². The molecule has 0 atom stereocenters. The maximum absolute atomic E-state index is 13.4. The third-order valence-electron chi connectivity index (χ3n) is 5.17. The number of thioether (sulfide) groups is 1. The molecule has 5 nitrogen and oxygen atoms in total. The number of carbonyl (C=O) groups excluding carboxylic acids is 1. The van der Waals surface area contributed by atoms with Gasteiger partial charge in [-0.2, -0.15) is 0 Å². The van der Waals surface area contributed by atoms with Crippen LogP contribution in [-0.4, -0.2) is 27.8 Å². The summed E-state index contributed by atoms with van der Waals surface area (Å²) in [7, 11) is 0. The fraction of sp³-hybridized carbons (Fsp3) is 0.240. The van der Waals surface area contributed by atoms with Gasteiger partial charge in [0, 0.05) is 12.2 Å². The molecule has 0 aliphatic heterocycles. The first kappa shape index (κ1) is 22.3. The molecule has 0 fully saturated rings. The van der Waals surface area contributed by atoms with Gasteiger partial charge in [0.25, 0.3) is 5.56 Å². The highest BCUT2D eigenvalue weighted by Crippen LogP contribution is 2.26. The lowest BCUT2D eigenvalue weighted by molar-refractivity contribution is -0.116. The number of fused-ring (bicyclic) bond motifs is 1. The summed E-state index contributed by atoms with van der Waals surface area (Å²) in [5.41, 5.74) is 5.47. The smallest absolute Gasteiger partial charge is 0.276 e. The zero-order valence-corrected chi connectivity index (χ0v) is 20.2. The lowest BCUT2D eigenvalue weighted by Gasteiger charge is -2.21. The largest absolute Gasteiger partial charge is 0.312 e. The van der Waals surface area contributed by atoms with Crippen LogP contribution in [0.15, 0.2) is 63.9 Å². The molecule has 0 N–H and O–H groups in total. The van der Waals surface area contributed by atoms with Gasteiger partial charge in [-0.1, -0.05) is 30.0 Å². The topological polar surface area (TPSA) is 55.2 Å². The van der Waals surface area contributed by atoms with Gasteiger partial charge in [0.1, 0.15) is 4.70 Å². The summed E-state index contributed by atoms with van der Waals surface area (Å²) in [5, 5.41) is 2.40. The van der Waals surface area contributed by atoms with Crippen LogP contribution in [-0.2, 0) is 4.79 Å². The molecule has 0 aliphatic rings. The van der Waals surface area contributed by atoms with Crippen molar-refractivity contribution < 1.29 is 4.79 Å². The molecule has 0 saturated carbocycles. The Hall–Kier alpha value is -2.90. The van der Waals surface area contributed by atoms with Crippen LogP contribution in [0.2, 0.25) is 0 Å². The van der Waals surface area contributed by atoms with Crippen molar-refractivity contribution in [3.8, 4) is 5.69 Å². The van der Waals surface area contributed by atoms with E-state index in [0.717, 1.165) is 28.1 Å². The van der Waals surface area contributed by atoms with Crippen LogP contribution in [0.1, 0.15) is 23.6 Å². The average molecular weight is 464 g/mol. The Morgan fingerprint density at radius 3 is 2.50 bits per heavy atom. The van der Waals surface area contributed by atoms with E-state index in [2.05, 4.69) is 6.07 Å². The standard InChI is InChI=1S/C25H25N3O2S2/c1-5-27(19-8-6-7-16(2)12-19)22(29)15-32-25-26-21-9-10-31-23(21)24(30)28(25)20-13-17(3)11-18(4)14-20/h6-14H,5,15H2,1-4H3. The first-order chi connectivity index (χ1) is 15.4. The summed E-state index contributed by atoms with van der Waals surface area (Å²) >= 11 is 2.69. The van der Waals surface area contributed by atoms with Crippen LogP contribution in [0.3, 0.4) is 0 Å². The minimum absolute atomic E-state index is 0.0188. The molecule has 2 heterocycles. The highest BCUT2D eigenvalue weighted by molar-refractivity contribution is 7.99. The van der Waals surface area contributed by atoms with Crippen molar-refractivity contribution in [2.24, 2.45) is 0 Å². The normalized spacial score (nSPS) is 11.1. The number of thiophene rings is 1. The van der Waals surface area contributed by atoms with Crippen molar-refractivity contribution in [2.45, 2.75) is 32.9 Å². The van der Waals surface area contributed by atoms with E-state index in [-0.39, 0.29) is 17.2 Å². The van der Waals surface area contributed by atoms with Gasteiger partial charge in [0.15, 0.2) is 5.16 Å². The fourth-order valence-corrected chi connectivity index (χ4v) is 5.45. The predicted octanol–water partition coefficient (Wildman–Crippen LogP) is 5.52. The van der Waals surface area contributed by atoms with Crippen molar-refractivity contribution in [1.29, 1.82) is 0 Å². The van der Waals surface area contributed by atoms with E-state index < -0.39 is 0 Å². The third kappa shape index (κ3) is 4.49. The maximum atomic E-state index is 13.4. The number of nitrogens with zero attached hydrogens (tertiary/aromatic N) is 3. The van der Waals surface area contributed by atoms with Crippen LogP contribution in [0.25, 0.3) is 15.9 Å². The van der Waals surface area contributed by atoms with Gasteiger partial charge in [-0.25, -0.2) is 4.98 Å². The number of aryl methyl sites for hydroxylation is 3. The number of hydrogen-bond donors (Lipinski definition) is 0. The number of rotatable bonds is 6. The Balaban J connectivity index is 1.71. The number of aromatic nitrogens is 2. The zero-order valence-electron chi connectivity index (χ0n) is 18.6. The highest BCUT2D eigenvalue weighted by atomic mass is 32.2. The molecule has 0 bridgehead atoms. The SMILES string of the molecule is CCN(C(=O)CSc1nc2ccsc2c(=O)n1-c1cc(C)cc(C)c1)c1cccc(C)c1. The fourth-order valence-electron chi connectivity index (χ4n) is 3.80. The summed E-state index contributed by atoms with van der Waals surface area (Å²) in [4.78, 5) is 33.0. The van der Waals surface area contributed by atoms with Crippen molar-refractivity contribution >= 4 is 44.9 Å². The predicted molar refractivity (Wildman–Crippen MR) is 135 cm³/mol. The number of benzene rings is 2. The molecule has 2 aromatic heterocycles. The van der Waals surface area contributed by atoms with Gasteiger partial charge in [0.2, 0.25) is 5.91 Å². The van der Waals surface area contributed by atoms with E-state index in [1.54, 1.807) is 9.47 Å². The molecular formula is C25H25N3O2S2. The molecule has 2 aromatic carbocycles. The molecule has 0 unspecified atom stereocenters. The summed E-state index contributed by atoms with van der Waals surface area (Å²) in [6.07, 6.45) is 0.